The van der Waals surface area contributed by atoms with Gasteiger partial charge in [-0.2, -0.15) is 0 Å². The number of ether oxygens (including phenoxy) is 1. The van der Waals surface area contributed by atoms with E-state index in [1.807, 2.05) is 6.07 Å². The van der Waals surface area contributed by atoms with E-state index < -0.39 is 6.36 Å². The molecule has 184 valence electrons. The van der Waals surface area contributed by atoms with Gasteiger partial charge in [-0.15, -0.1) is 13.2 Å². The highest BCUT2D eigenvalue weighted by Crippen LogP contribution is 2.28. The van der Waals surface area contributed by atoms with E-state index in [1.165, 1.54) is 24.1 Å². The second-order valence-electron chi connectivity index (χ2n) is 9.26. The molecule has 1 N–H and O–H groups in total. The zero-order valence-corrected chi connectivity index (χ0v) is 19.3. The summed E-state index contributed by atoms with van der Waals surface area (Å²) in [5, 5.41) is 3.13. The number of carbonyl (C=O) groups is 1. The van der Waals surface area contributed by atoms with Crippen LogP contribution in [0.25, 0.3) is 0 Å². The highest BCUT2D eigenvalue weighted by Gasteiger charge is 2.31. The van der Waals surface area contributed by atoms with Gasteiger partial charge in [-0.3, -0.25) is 9.69 Å². The van der Waals surface area contributed by atoms with E-state index in [4.69, 9.17) is 0 Å². The predicted molar refractivity (Wildman–Crippen MR) is 126 cm³/mol. The van der Waals surface area contributed by atoms with Crippen molar-refractivity contribution in [1.29, 1.82) is 0 Å². The Kier molecular flexibility index (Phi) is 7.98. The van der Waals surface area contributed by atoms with Crippen molar-refractivity contribution in [3.63, 3.8) is 0 Å². The number of piperidine rings is 1. The fourth-order valence-electron chi connectivity index (χ4n) is 4.94. The smallest absolute Gasteiger partial charge is 0.406 e. The number of nitrogens with zero attached hydrogens (tertiary/aromatic N) is 2. The number of hydrogen-bond donors (Lipinski definition) is 1. The Labute approximate surface area is 198 Å². The molecule has 8 heteroatoms. The van der Waals surface area contributed by atoms with Crippen LogP contribution >= 0.6 is 0 Å². The number of benzene rings is 2. The minimum absolute atomic E-state index is 0.0118. The Balaban J connectivity index is 1.13. The van der Waals surface area contributed by atoms with Gasteiger partial charge < -0.3 is 15.0 Å². The molecule has 0 radical (unpaired) electrons. The van der Waals surface area contributed by atoms with E-state index in [1.54, 1.807) is 12.1 Å². The van der Waals surface area contributed by atoms with Crippen molar-refractivity contribution in [1.82, 2.24) is 10.2 Å². The lowest BCUT2D eigenvalue weighted by molar-refractivity contribution is -0.274. The maximum atomic E-state index is 12.6. The number of likely N-dealkylation sites (tertiary alicyclic amines) is 1. The maximum absolute atomic E-state index is 12.6. The number of anilines is 1. The molecule has 5 nitrogen and oxygen atoms in total. The molecule has 0 saturated carbocycles. The highest BCUT2D eigenvalue weighted by atomic mass is 19.4. The molecule has 0 aliphatic carbocycles. The molecule has 1 amide bonds. The maximum Gasteiger partial charge on any atom is 0.573 e. The summed E-state index contributed by atoms with van der Waals surface area (Å²) >= 11 is 0. The third-order valence-corrected chi connectivity index (χ3v) is 6.77. The number of amides is 1. The van der Waals surface area contributed by atoms with E-state index in [0.29, 0.717) is 25.6 Å². The second kappa shape index (κ2) is 11.1. The number of halogens is 3. The summed E-state index contributed by atoms with van der Waals surface area (Å²) in [5.74, 6) is 0.501. The molecule has 2 fully saturated rings. The number of rotatable bonds is 8. The number of alkyl halides is 3. The van der Waals surface area contributed by atoms with Crippen LogP contribution in [0, 0.1) is 11.8 Å². The molecule has 0 bridgehead atoms. The number of nitrogens with one attached hydrogen (secondary N) is 1. The predicted octanol–water partition coefficient (Wildman–Crippen LogP) is 4.83. The van der Waals surface area contributed by atoms with Gasteiger partial charge in [0.25, 0.3) is 0 Å². The largest absolute Gasteiger partial charge is 0.573 e. The zero-order valence-electron chi connectivity index (χ0n) is 19.3. The molecule has 2 aromatic rings. The van der Waals surface area contributed by atoms with Crippen LogP contribution in [-0.2, 0) is 11.3 Å². The third-order valence-electron chi connectivity index (χ3n) is 6.77. The summed E-state index contributed by atoms with van der Waals surface area (Å²) in [6.45, 7) is 5.29. The van der Waals surface area contributed by atoms with Gasteiger partial charge in [0.1, 0.15) is 5.75 Å². The first-order valence-corrected chi connectivity index (χ1v) is 12.0. The minimum Gasteiger partial charge on any atom is -0.406 e. The van der Waals surface area contributed by atoms with Crippen LogP contribution in [0.4, 0.5) is 18.9 Å². The average Bonchev–Trinajstić information content (AvgIpc) is 3.26. The van der Waals surface area contributed by atoms with Crippen molar-refractivity contribution < 1.29 is 22.7 Å². The van der Waals surface area contributed by atoms with E-state index >= 15 is 0 Å². The second-order valence-corrected chi connectivity index (χ2v) is 9.26. The standard InChI is InChI=1S/C26H32F3N3O2/c27-26(28,29)34-24-8-6-23(7-9-24)32-16-12-22(13-17-32)25(33)30-14-10-21-11-15-31(19-21)18-20-4-2-1-3-5-20/h1-9,21-22H,10-19H2,(H,30,33)/t21-/m0/s1. The molecular formula is C26H32F3N3O2. The molecule has 0 unspecified atom stereocenters. The molecule has 0 aromatic heterocycles. The average molecular weight is 476 g/mol. The Bertz CT molecular complexity index is 913. The topological polar surface area (TPSA) is 44.8 Å². The fraction of sp³-hybridized carbons (Fsp3) is 0.500. The highest BCUT2D eigenvalue weighted by molar-refractivity contribution is 5.79. The van der Waals surface area contributed by atoms with Crippen LogP contribution in [0.3, 0.4) is 0 Å². The third kappa shape index (κ3) is 7.13. The lowest BCUT2D eigenvalue weighted by Gasteiger charge is -2.33. The van der Waals surface area contributed by atoms with Crippen LogP contribution < -0.4 is 15.0 Å². The van der Waals surface area contributed by atoms with Gasteiger partial charge in [0.05, 0.1) is 0 Å². The first-order chi connectivity index (χ1) is 16.4. The Morgan fingerprint density at radius 1 is 0.971 bits per heavy atom. The summed E-state index contributed by atoms with van der Waals surface area (Å²) in [6, 6.07) is 16.4. The Morgan fingerprint density at radius 2 is 1.68 bits per heavy atom. The monoisotopic (exact) mass is 475 g/mol. The number of hydrogen-bond acceptors (Lipinski definition) is 4. The minimum atomic E-state index is -4.69. The van der Waals surface area contributed by atoms with Gasteiger partial charge in [-0.25, -0.2) is 0 Å². The van der Waals surface area contributed by atoms with Gasteiger partial charge >= 0.3 is 6.36 Å². The van der Waals surface area contributed by atoms with Crippen LogP contribution in [0.1, 0.15) is 31.2 Å². The summed E-state index contributed by atoms with van der Waals surface area (Å²) < 4.78 is 40.9. The summed E-state index contributed by atoms with van der Waals surface area (Å²) in [4.78, 5) is 17.2. The summed E-state index contributed by atoms with van der Waals surface area (Å²) in [7, 11) is 0. The summed E-state index contributed by atoms with van der Waals surface area (Å²) in [6.07, 6.45) is -1.04. The quantitative estimate of drug-likeness (QED) is 0.594. The lowest BCUT2D eigenvalue weighted by atomic mass is 9.95. The van der Waals surface area contributed by atoms with Crippen LogP contribution in [0.15, 0.2) is 54.6 Å². The molecule has 2 aliphatic rings. The molecule has 0 spiro atoms. The SMILES string of the molecule is O=C(NCC[C@H]1CCN(Cc2ccccc2)C1)C1CCN(c2ccc(OC(F)(F)F)cc2)CC1. The van der Waals surface area contributed by atoms with Crippen molar-refractivity contribution in [2.24, 2.45) is 11.8 Å². The molecule has 2 aromatic carbocycles. The number of carbonyl (C=O) groups excluding carboxylic acids is 1. The van der Waals surface area contributed by atoms with Gasteiger partial charge in [0.2, 0.25) is 5.91 Å². The van der Waals surface area contributed by atoms with Gasteiger partial charge in [0.15, 0.2) is 0 Å². The van der Waals surface area contributed by atoms with E-state index in [0.717, 1.165) is 44.6 Å². The first-order valence-electron chi connectivity index (χ1n) is 12.0. The van der Waals surface area contributed by atoms with Gasteiger partial charge in [0, 0.05) is 44.3 Å². The van der Waals surface area contributed by atoms with Crippen LogP contribution in [-0.4, -0.2) is 49.9 Å². The van der Waals surface area contributed by atoms with Crippen molar-refractivity contribution in [2.75, 3.05) is 37.6 Å². The summed E-state index contributed by atoms with van der Waals surface area (Å²) in [5.41, 5.74) is 2.18. The zero-order chi connectivity index (χ0) is 24.0. The molecule has 2 heterocycles. The Hall–Kier alpha value is -2.74. The molecule has 2 aliphatic heterocycles. The van der Waals surface area contributed by atoms with Crippen molar-refractivity contribution in [2.45, 2.75) is 38.6 Å². The fourth-order valence-corrected chi connectivity index (χ4v) is 4.94. The van der Waals surface area contributed by atoms with Crippen molar-refractivity contribution in [3.05, 3.63) is 60.2 Å². The lowest BCUT2D eigenvalue weighted by Crippen LogP contribution is -2.41. The molecule has 4 rings (SSSR count). The normalized spacial score (nSPS) is 19.9. The Morgan fingerprint density at radius 3 is 2.35 bits per heavy atom. The first kappa shape index (κ1) is 24.4. The molecular weight excluding hydrogens is 443 g/mol. The molecule has 2 saturated heterocycles. The molecule has 1 atom stereocenters. The van der Waals surface area contributed by atoms with E-state index in [2.05, 4.69) is 44.1 Å². The van der Waals surface area contributed by atoms with Crippen molar-refractivity contribution in [3.8, 4) is 5.75 Å². The van der Waals surface area contributed by atoms with E-state index in [9.17, 15) is 18.0 Å². The van der Waals surface area contributed by atoms with Crippen LogP contribution in [0.5, 0.6) is 5.75 Å². The van der Waals surface area contributed by atoms with Gasteiger partial charge in [-0.1, -0.05) is 30.3 Å². The van der Waals surface area contributed by atoms with Gasteiger partial charge in [-0.05, 0) is 68.0 Å². The van der Waals surface area contributed by atoms with E-state index in [-0.39, 0.29) is 17.6 Å². The van der Waals surface area contributed by atoms with Crippen LogP contribution in [0.2, 0.25) is 0 Å². The van der Waals surface area contributed by atoms with Crippen molar-refractivity contribution >= 4 is 11.6 Å². The molecule has 34 heavy (non-hydrogen) atoms.